The second-order valence-corrected chi connectivity index (χ2v) is 4.40. The Bertz CT molecular complexity index is 470. The van der Waals surface area contributed by atoms with Gasteiger partial charge >= 0.3 is 0 Å². The highest BCUT2D eigenvalue weighted by atomic mass is 19.1. The van der Waals surface area contributed by atoms with Crippen molar-refractivity contribution in [3.63, 3.8) is 0 Å². The number of nitrogens with one attached hydrogen (secondary N) is 2. The number of carbonyl (C=O) groups excluding carboxylic acids is 1. The molecule has 1 aliphatic heterocycles. The lowest BCUT2D eigenvalue weighted by molar-refractivity contribution is 0.0957. The molecule has 0 radical (unpaired) electrons. The SMILES string of the molecule is C=CCNC(=O)c1ccc(N2CCNCC2)c(F)c1. The Morgan fingerprint density at radius 3 is 2.84 bits per heavy atom. The summed E-state index contributed by atoms with van der Waals surface area (Å²) in [6.07, 6.45) is 1.59. The van der Waals surface area contributed by atoms with Crippen LogP contribution in [0, 0.1) is 5.82 Å². The molecule has 0 bridgehead atoms. The highest BCUT2D eigenvalue weighted by Gasteiger charge is 2.16. The highest BCUT2D eigenvalue weighted by molar-refractivity contribution is 5.94. The van der Waals surface area contributed by atoms with Crippen molar-refractivity contribution in [2.75, 3.05) is 37.6 Å². The highest BCUT2D eigenvalue weighted by Crippen LogP contribution is 2.20. The van der Waals surface area contributed by atoms with Crippen LogP contribution in [0.5, 0.6) is 0 Å². The summed E-state index contributed by atoms with van der Waals surface area (Å²) in [6.45, 7) is 7.14. The van der Waals surface area contributed by atoms with Crippen LogP contribution in [0.15, 0.2) is 30.9 Å². The summed E-state index contributed by atoms with van der Waals surface area (Å²) in [4.78, 5) is 13.7. The van der Waals surface area contributed by atoms with Crippen LogP contribution < -0.4 is 15.5 Å². The molecule has 1 amide bonds. The molecule has 1 heterocycles. The van der Waals surface area contributed by atoms with E-state index in [0.29, 0.717) is 17.8 Å². The largest absolute Gasteiger partial charge is 0.367 e. The standard InChI is InChI=1S/C14H18FN3O/c1-2-5-17-14(19)11-3-4-13(12(15)10-11)18-8-6-16-7-9-18/h2-4,10,16H,1,5-9H2,(H,17,19). The Hall–Kier alpha value is -1.88. The molecular weight excluding hydrogens is 245 g/mol. The molecule has 102 valence electrons. The number of benzene rings is 1. The lowest BCUT2D eigenvalue weighted by Crippen LogP contribution is -2.43. The predicted molar refractivity (Wildman–Crippen MR) is 74.0 cm³/mol. The predicted octanol–water partition coefficient (Wildman–Crippen LogP) is 1.15. The molecule has 1 aromatic rings. The van der Waals surface area contributed by atoms with Crippen LogP contribution in [0.25, 0.3) is 0 Å². The third kappa shape index (κ3) is 3.32. The van der Waals surface area contributed by atoms with Gasteiger partial charge in [0.15, 0.2) is 0 Å². The molecule has 1 aromatic carbocycles. The fourth-order valence-electron chi connectivity index (χ4n) is 2.08. The van der Waals surface area contributed by atoms with Gasteiger partial charge in [-0.3, -0.25) is 4.79 Å². The lowest BCUT2D eigenvalue weighted by Gasteiger charge is -2.29. The zero-order chi connectivity index (χ0) is 13.7. The number of hydrogen-bond donors (Lipinski definition) is 2. The normalized spacial score (nSPS) is 15.1. The minimum Gasteiger partial charge on any atom is -0.367 e. The van der Waals surface area contributed by atoms with Crippen LogP contribution in [-0.4, -0.2) is 38.6 Å². The van der Waals surface area contributed by atoms with Gasteiger partial charge in [-0.1, -0.05) is 6.08 Å². The Kier molecular flexibility index (Phi) is 4.52. The van der Waals surface area contributed by atoms with E-state index in [-0.39, 0.29) is 11.7 Å². The molecule has 1 aliphatic rings. The molecule has 0 saturated carbocycles. The zero-order valence-corrected chi connectivity index (χ0v) is 10.8. The van der Waals surface area contributed by atoms with Gasteiger partial charge in [-0.2, -0.15) is 0 Å². The number of rotatable bonds is 4. The quantitative estimate of drug-likeness (QED) is 0.801. The number of halogens is 1. The molecule has 0 atom stereocenters. The van der Waals surface area contributed by atoms with Crippen molar-refractivity contribution in [1.82, 2.24) is 10.6 Å². The number of nitrogens with zero attached hydrogens (tertiary/aromatic N) is 1. The fraction of sp³-hybridized carbons (Fsp3) is 0.357. The molecule has 1 saturated heterocycles. The van der Waals surface area contributed by atoms with Crippen molar-refractivity contribution in [3.8, 4) is 0 Å². The van der Waals surface area contributed by atoms with E-state index in [1.165, 1.54) is 6.07 Å². The van der Waals surface area contributed by atoms with Gasteiger partial charge in [-0.05, 0) is 18.2 Å². The second-order valence-electron chi connectivity index (χ2n) is 4.40. The van der Waals surface area contributed by atoms with E-state index in [4.69, 9.17) is 0 Å². The number of carbonyl (C=O) groups is 1. The van der Waals surface area contributed by atoms with Gasteiger partial charge in [0.2, 0.25) is 0 Å². The van der Waals surface area contributed by atoms with Crippen LogP contribution in [0.2, 0.25) is 0 Å². The van der Waals surface area contributed by atoms with E-state index in [1.807, 2.05) is 4.90 Å². The van der Waals surface area contributed by atoms with E-state index >= 15 is 0 Å². The molecule has 4 nitrogen and oxygen atoms in total. The summed E-state index contributed by atoms with van der Waals surface area (Å²) in [5.74, 6) is -0.640. The third-order valence-electron chi connectivity index (χ3n) is 3.07. The molecule has 0 unspecified atom stereocenters. The van der Waals surface area contributed by atoms with Gasteiger partial charge in [-0.15, -0.1) is 6.58 Å². The van der Waals surface area contributed by atoms with Crippen LogP contribution in [0.4, 0.5) is 10.1 Å². The molecule has 2 rings (SSSR count). The molecule has 2 N–H and O–H groups in total. The molecular formula is C14H18FN3O. The zero-order valence-electron chi connectivity index (χ0n) is 10.8. The summed E-state index contributed by atoms with van der Waals surface area (Å²) in [5.41, 5.74) is 0.889. The first-order valence-corrected chi connectivity index (χ1v) is 6.36. The minimum atomic E-state index is -0.354. The first-order valence-electron chi connectivity index (χ1n) is 6.36. The maximum absolute atomic E-state index is 14.1. The van der Waals surface area contributed by atoms with Gasteiger partial charge in [0.05, 0.1) is 5.69 Å². The Labute approximate surface area is 112 Å². The summed E-state index contributed by atoms with van der Waals surface area (Å²) < 4.78 is 14.1. The molecule has 1 fully saturated rings. The van der Waals surface area contributed by atoms with E-state index in [2.05, 4.69) is 17.2 Å². The molecule has 5 heteroatoms. The monoisotopic (exact) mass is 263 g/mol. The van der Waals surface area contributed by atoms with Crippen molar-refractivity contribution in [3.05, 3.63) is 42.2 Å². The maximum atomic E-state index is 14.1. The average molecular weight is 263 g/mol. The summed E-state index contributed by atoms with van der Waals surface area (Å²) in [5, 5.41) is 5.85. The number of anilines is 1. The number of piperazine rings is 1. The third-order valence-corrected chi connectivity index (χ3v) is 3.07. The van der Waals surface area contributed by atoms with E-state index in [1.54, 1.807) is 18.2 Å². The van der Waals surface area contributed by atoms with Crippen molar-refractivity contribution in [1.29, 1.82) is 0 Å². The molecule has 0 aliphatic carbocycles. The van der Waals surface area contributed by atoms with Crippen LogP contribution in [-0.2, 0) is 0 Å². The van der Waals surface area contributed by atoms with Gasteiger partial charge in [-0.25, -0.2) is 4.39 Å². The van der Waals surface area contributed by atoms with Crippen LogP contribution >= 0.6 is 0 Å². The minimum absolute atomic E-state index is 0.286. The molecule has 0 aromatic heterocycles. The molecule has 19 heavy (non-hydrogen) atoms. The van der Waals surface area contributed by atoms with Crippen molar-refractivity contribution < 1.29 is 9.18 Å². The first kappa shape index (κ1) is 13.5. The number of amides is 1. The second kappa shape index (κ2) is 6.33. The van der Waals surface area contributed by atoms with Gasteiger partial charge < -0.3 is 15.5 Å². The van der Waals surface area contributed by atoms with Crippen molar-refractivity contribution in [2.24, 2.45) is 0 Å². The lowest BCUT2D eigenvalue weighted by atomic mass is 10.1. The topological polar surface area (TPSA) is 44.4 Å². The van der Waals surface area contributed by atoms with Crippen LogP contribution in [0.1, 0.15) is 10.4 Å². The Morgan fingerprint density at radius 2 is 2.21 bits per heavy atom. The van der Waals surface area contributed by atoms with Crippen LogP contribution in [0.3, 0.4) is 0 Å². The Morgan fingerprint density at radius 1 is 1.47 bits per heavy atom. The fourth-order valence-corrected chi connectivity index (χ4v) is 2.08. The first-order chi connectivity index (χ1) is 9.22. The average Bonchev–Trinajstić information content (AvgIpc) is 2.45. The maximum Gasteiger partial charge on any atom is 0.251 e. The van der Waals surface area contributed by atoms with Crippen molar-refractivity contribution in [2.45, 2.75) is 0 Å². The summed E-state index contributed by atoms with van der Waals surface area (Å²) in [7, 11) is 0. The summed E-state index contributed by atoms with van der Waals surface area (Å²) in [6, 6.07) is 4.61. The smallest absolute Gasteiger partial charge is 0.251 e. The number of hydrogen-bond acceptors (Lipinski definition) is 3. The Balaban J connectivity index is 2.12. The summed E-state index contributed by atoms with van der Waals surface area (Å²) >= 11 is 0. The van der Waals surface area contributed by atoms with Crippen molar-refractivity contribution >= 4 is 11.6 Å². The van der Waals surface area contributed by atoms with Gasteiger partial charge in [0, 0.05) is 38.3 Å². The van der Waals surface area contributed by atoms with Gasteiger partial charge in [0.1, 0.15) is 5.82 Å². The van der Waals surface area contributed by atoms with E-state index < -0.39 is 0 Å². The molecule has 0 spiro atoms. The van der Waals surface area contributed by atoms with E-state index in [9.17, 15) is 9.18 Å². The van der Waals surface area contributed by atoms with E-state index in [0.717, 1.165) is 26.2 Å². The van der Waals surface area contributed by atoms with Gasteiger partial charge in [0.25, 0.3) is 5.91 Å².